The molecule has 0 fully saturated rings. The number of thioether (sulfide) groups is 1. The zero-order valence-corrected chi connectivity index (χ0v) is 10.8. The number of carbonyl (C=O) groups is 1. The maximum Gasteiger partial charge on any atom is 0.301 e. The highest BCUT2D eigenvalue weighted by Gasteiger charge is 2.21. The predicted octanol–water partition coefficient (Wildman–Crippen LogP) is 3.56. The van der Waals surface area contributed by atoms with E-state index in [0.29, 0.717) is 14.4 Å². The van der Waals surface area contributed by atoms with Crippen molar-refractivity contribution in [2.24, 2.45) is 5.10 Å². The number of carbonyl (C=O) groups excluding carboxylic acids is 1. The van der Waals surface area contributed by atoms with Gasteiger partial charge in [0.2, 0.25) is 0 Å². The fraction of sp³-hybridized carbons (Fsp3) is 0.250. The van der Waals surface area contributed by atoms with E-state index in [1.54, 1.807) is 13.1 Å². The number of amides is 1. The number of hydrogen-bond acceptors (Lipinski definition) is 4. The molecular weight excluding hydrogens is 275 g/mol. The first-order valence-electron chi connectivity index (χ1n) is 4.01. The van der Waals surface area contributed by atoms with E-state index < -0.39 is 0 Å². The van der Waals surface area contributed by atoms with Crippen LogP contribution in [0.1, 0.15) is 5.56 Å². The van der Waals surface area contributed by atoms with Crippen molar-refractivity contribution in [2.45, 2.75) is 0 Å². The van der Waals surface area contributed by atoms with Crippen LogP contribution >= 0.6 is 46.3 Å². The minimum Gasteiger partial charge on any atom is -0.260 e. The van der Waals surface area contributed by atoms with Crippen LogP contribution in [0.25, 0.3) is 0 Å². The fourth-order valence-corrected chi connectivity index (χ4v) is 3.35. The van der Waals surface area contributed by atoms with E-state index in [0.717, 1.165) is 11.3 Å². The molecule has 0 bridgehead atoms. The van der Waals surface area contributed by atoms with Gasteiger partial charge >= 0.3 is 5.24 Å². The monoisotopic (exact) mass is 280 g/mol. The Hall–Kier alpha value is -0.230. The average molecular weight is 281 g/mol. The van der Waals surface area contributed by atoms with Gasteiger partial charge in [0.1, 0.15) is 4.34 Å². The highest BCUT2D eigenvalue weighted by Crippen LogP contribution is 2.33. The van der Waals surface area contributed by atoms with Gasteiger partial charge in [0.25, 0.3) is 0 Å². The quantitative estimate of drug-likeness (QED) is 0.788. The van der Waals surface area contributed by atoms with E-state index in [-0.39, 0.29) is 5.24 Å². The first kappa shape index (κ1) is 11.3. The molecule has 7 heteroatoms. The summed E-state index contributed by atoms with van der Waals surface area (Å²) in [6.07, 6.45) is 0. The lowest BCUT2D eigenvalue weighted by Crippen LogP contribution is -2.26. The van der Waals surface area contributed by atoms with E-state index in [2.05, 4.69) is 5.10 Å². The number of hydrogen-bond donors (Lipinski definition) is 0. The van der Waals surface area contributed by atoms with Crippen LogP contribution in [-0.4, -0.2) is 28.8 Å². The minimum atomic E-state index is -0.0591. The van der Waals surface area contributed by atoms with Gasteiger partial charge < -0.3 is 0 Å². The summed E-state index contributed by atoms with van der Waals surface area (Å²) in [6, 6.07) is 1.78. The van der Waals surface area contributed by atoms with Crippen molar-refractivity contribution in [3.63, 3.8) is 0 Å². The highest BCUT2D eigenvalue weighted by molar-refractivity contribution is 8.14. The summed E-state index contributed by atoms with van der Waals surface area (Å²) in [5, 5.41) is 5.40. The lowest BCUT2D eigenvalue weighted by molar-refractivity contribution is 0.235. The summed E-state index contributed by atoms with van der Waals surface area (Å²) in [4.78, 5) is 11.2. The summed E-state index contributed by atoms with van der Waals surface area (Å²) in [5.74, 6) is 0.538. The van der Waals surface area contributed by atoms with Crippen molar-refractivity contribution in [1.82, 2.24) is 5.01 Å². The van der Waals surface area contributed by atoms with Crippen LogP contribution in [0.15, 0.2) is 11.2 Å². The third-order valence-electron chi connectivity index (χ3n) is 1.83. The largest absolute Gasteiger partial charge is 0.301 e. The molecule has 0 aromatic carbocycles. The minimum absolute atomic E-state index is 0.0591. The average Bonchev–Trinajstić information content (AvgIpc) is 2.50. The zero-order chi connectivity index (χ0) is 11.0. The van der Waals surface area contributed by atoms with Crippen molar-refractivity contribution in [3.8, 4) is 0 Å². The second kappa shape index (κ2) is 4.33. The molecule has 1 amide bonds. The van der Waals surface area contributed by atoms with Gasteiger partial charge in [-0.25, -0.2) is 5.01 Å². The smallest absolute Gasteiger partial charge is 0.260 e. The Morgan fingerprint density at radius 1 is 1.53 bits per heavy atom. The van der Waals surface area contributed by atoms with Crippen LogP contribution in [-0.2, 0) is 0 Å². The first-order valence-corrected chi connectivity index (χ1v) is 6.57. The highest BCUT2D eigenvalue weighted by atomic mass is 35.5. The first-order chi connectivity index (χ1) is 7.08. The summed E-state index contributed by atoms with van der Waals surface area (Å²) < 4.78 is 1.24. The number of nitrogens with zero attached hydrogens (tertiary/aromatic N) is 2. The topological polar surface area (TPSA) is 32.7 Å². The molecule has 0 atom stereocenters. The van der Waals surface area contributed by atoms with Gasteiger partial charge in [0.15, 0.2) is 0 Å². The fourth-order valence-electron chi connectivity index (χ4n) is 1.14. The van der Waals surface area contributed by atoms with E-state index in [9.17, 15) is 4.79 Å². The Labute approximate surface area is 105 Å². The summed E-state index contributed by atoms with van der Waals surface area (Å²) in [5.41, 5.74) is 1.61. The normalized spacial score (nSPS) is 16.9. The van der Waals surface area contributed by atoms with Crippen LogP contribution in [0.5, 0.6) is 0 Å². The molecule has 1 aromatic rings. The molecule has 0 aliphatic carbocycles. The van der Waals surface area contributed by atoms with Crippen LogP contribution in [0, 0.1) is 0 Å². The predicted molar refractivity (Wildman–Crippen MR) is 66.5 cm³/mol. The molecule has 0 spiro atoms. The van der Waals surface area contributed by atoms with Crippen LogP contribution in [0.4, 0.5) is 4.79 Å². The van der Waals surface area contributed by atoms with Gasteiger partial charge in [0.05, 0.1) is 10.0 Å². The Morgan fingerprint density at radius 2 is 2.27 bits per heavy atom. The standard InChI is InChI=1S/C8H6Cl2N2OS2/c1-12-8(13)14-3-5(11-12)4-2-6(9)15-7(4)10/h2H,3H2,1H3. The molecule has 1 aliphatic heterocycles. The van der Waals surface area contributed by atoms with Gasteiger partial charge in [-0.1, -0.05) is 35.0 Å². The van der Waals surface area contributed by atoms with Crippen molar-refractivity contribution >= 4 is 57.3 Å². The summed E-state index contributed by atoms with van der Waals surface area (Å²) >= 11 is 14.4. The van der Waals surface area contributed by atoms with Crippen molar-refractivity contribution < 1.29 is 4.79 Å². The maximum atomic E-state index is 11.2. The summed E-state index contributed by atoms with van der Waals surface area (Å²) in [6.45, 7) is 0. The maximum absolute atomic E-state index is 11.2. The van der Waals surface area contributed by atoms with Crippen LogP contribution in [0.3, 0.4) is 0 Å². The molecule has 2 rings (SSSR count). The van der Waals surface area contributed by atoms with Crippen molar-refractivity contribution in [2.75, 3.05) is 12.8 Å². The SMILES string of the molecule is CN1N=C(c2cc(Cl)sc2Cl)CSC1=O. The van der Waals surface area contributed by atoms with Crippen LogP contribution in [0.2, 0.25) is 8.67 Å². The molecule has 0 unspecified atom stereocenters. The van der Waals surface area contributed by atoms with Gasteiger partial charge in [-0.2, -0.15) is 5.10 Å². The molecule has 0 radical (unpaired) electrons. The Balaban J connectivity index is 2.36. The van der Waals surface area contributed by atoms with Crippen molar-refractivity contribution in [3.05, 3.63) is 20.3 Å². The number of halogens is 2. The molecular formula is C8H6Cl2N2OS2. The molecule has 1 aromatic heterocycles. The lowest BCUT2D eigenvalue weighted by atomic mass is 10.2. The Kier molecular flexibility index (Phi) is 3.25. The number of rotatable bonds is 1. The molecule has 0 saturated carbocycles. The number of thiophene rings is 1. The second-order valence-electron chi connectivity index (χ2n) is 2.86. The second-order valence-corrected chi connectivity index (χ2v) is 6.07. The van der Waals surface area contributed by atoms with E-state index in [4.69, 9.17) is 23.2 Å². The van der Waals surface area contributed by atoms with Crippen LogP contribution < -0.4 is 0 Å². The molecule has 3 nitrogen and oxygen atoms in total. The van der Waals surface area contributed by atoms with E-state index in [1.807, 2.05) is 0 Å². The summed E-state index contributed by atoms with van der Waals surface area (Å²) in [7, 11) is 1.62. The van der Waals surface area contributed by atoms with E-state index in [1.165, 1.54) is 28.1 Å². The molecule has 80 valence electrons. The zero-order valence-electron chi connectivity index (χ0n) is 7.66. The Morgan fingerprint density at radius 3 is 2.80 bits per heavy atom. The van der Waals surface area contributed by atoms with Gasteiger partial charge in [-0.05, 0) is 6.07 Å². The molecule has 0 N–H and O–H groups in total. The lowest BCUT2D eigenvalue weighted by Gasteiger charge is -2.18. The van der Waals surface area contributed by atoms with Gasteiger partial charge in [-0.15, -0.1) is 11.3 Å². The number of hydrazone groups is 1. The Bertz CT molecular complexity index is 444. The third-order valence-corrected chi connectivity index (χ3v) is 4.25. The molecule has 2 heterocycles. The van der Waals surface area contributed by atoms with Gasteiger partial charge in [0, 0.05) is 18.4 Å². The van der Waals surface area contributed by atoms with E-state index >= 15 is 0 Å². The molecule has 1 aliphatic rings. The van der Waals surface area contributed by atoms with Gasteiger partial charge in [-0.3, -0.25) is 4.79 Å². The molecule has 0 saturated heterocycles. The molecule has 15 heavy (non-hydrogen) atoms. The third kappa shape index (κ3) is 2.30. The van der Waals surface area contributed by atoms with Crippen molar-refractivity contribution in [1.29, 1.82) is 0 Å².